The number of rotatable bonds is 2. The Labute approximate surface area is 95.9 Å². The Kier molecular flexibility index (Phi) is 2.08. The van der Waals surface area contributed by atoms with E-state index in [2.05, 4.69) is 20.4 Å². The van der Waals surface area contributed by atoms with Gasteiger partial charge >= 0.3 is 6.01 Å². The quantitative estimate of drug-likeness (QED) is 0.700. The largest absolute Gasteiger partial charge is 0.402 e. The van der Waals surface area contributed by atoms with Crippen molar-refractivity contribution < 1.29 is 4.42 Å². The highest BCUT2D eigenvalue weighted by Gasteiger charge is 2.11. The summed E-state index contributed by atoms with van der Waals surface area (Å²) < 4.78 is 5.06. The Morgan fingerprint density at radius 2 is 1.94 bits per heavy atom. The van der Waals surface area contributed by atoms with E-state index in [0.717, 1.165) is 5.69 Å². The van der Waals surface area contributed by atoms with Crippen LogP contribution in [0.15, 0.2) is 40.9 Å². The molecule has 0 saturated carbocycles. The average Bonchev–Trinajstić information content (AvgIpc) is 2.98. The first-order chi connectivity index (χ1) is 8.33. The molecule has 0 saturated heterocycles. The molecule has 0 aliphatic carbocycles. The summed E-state index contributed by atoms with van der Waals surface area (Å²) in [6.45, 7) is 0. The molecule has 3 rings (SSSR count). The van der Waals surface area contributed by atoms with E-state index in [1.54, 1.807) is 6.20 Å². The summed E-state index contributed by atoms with van der Waals surface area (Å²) in [5.41, 5.74) is 6.68. The number of hydrogen-bond acceptors (Lipinski definition) is 6. The van der Waals surface area contributed by atoms with Gasteiger partial charge in [0.25, 0.3) is 5.89 Å². The minimum atomic E-state index is 0.00858. The second kappa shape index (κ2) is 3.71. The molecule has 0 unspecified atom stereocenters. The first kappa shape index (κ1) is 9.52. The monoisotopic (exact) mass is 228 g/mol. The van der Waals surface area contributed by atoms with Gasteiger partial charge < -0.3 is 10.2 Å². The minimum absolute atomic E-state index is 0.00858. The van der Waals surface area contributed by atoms with E-state index < -0.39 is 0 Å². The maximum Gasteiger partial charge on any atom is 0.313 e. The molecule has 0 aliphatic rings. The highest BCUT2D eigenvalue weighted by molar-refractivity contribution is 5.45. The van der Waals surface area contributed by atoms with Crippen LogP contribution in [0, 0.1) is 0 Å². The van der Waals surface area contributed by atoms with Gasteiger partial charge in [-0.05, 0) is 12.1 Å². The van der Waals surface area contributed by atoms with E-state index in [1.807, 2.05) is 30.3 Å². The molecule has 2 heterocycles. The number of benzene rings is 1. The average molecular weight is 228 g/mol. The van der Waals surface area contributed by atoms with Gasteiger partial charge in [0.2, 0.25) is 0 Å². The maximum atomic E-state index is 5.34. The molecule has 3 aromatic rings. The van der Waals surface area contributed by atoms with Crippen LogP contribution >= 0.6 is 0 Å². The Bertz CT molecular complexity index is 629. The third kappa shape index (κ3) is 1.73. The highest BCUT2D eigenvalue weighted by Crippen LogP contribution is 2.15. The zero-order chi connectivity index (χ0) is 11.7. The van der Waals surface area contributed by atoms with Crippen LogP contribution in [0.5, 0.6) is 0 Å². The molecule has 0 fully saturated rings. The lowest BCUT2D eigenvalue weighted by atomic mass is 10.3. The third-order valence-corrected chi connectivity index (χ3v) is 2.14. The normalized spacial score (nSPS) is 10.6. The predicted octanol–water partition coefficient (Wildman–Crippen LogP) is 0.899. The van der Waals surface area contributed by atoms with Gasteiger partial charge in [-0.3, -0.25) is 0 Å². The number of nitrogens with zero attached hydrogens (tertiary/aromatic N) is 5. The molecule has 17 heavy (non-hydrogen) atoms. The topological polar surface area (TPSA) is 95.7 Å². The number of anilines is 1. The molecule has 0 aliphatic heterocycles. The van der Waals surface area contributed by atoms with Gasteiger partial charge in [0, 0.05) is 0 Å². The summed E-state index contributed by atoms with van der Waals surface area (Å²) in [5.74, 6) is 0.254. The van der Waals surface area contributed by atoms with Crippen molar-refractivity contribution in [3.63, 3.8) is 0 Å². The number of nitrogens with two attached hydrogens (primary N) is 1. The SMILES string of the molecule is Nc1nnc(-c2cnn(-c3ccccc3)n2)o1. The Balaban J connectivity index is 1.99. The van der Waals surface area contributed by atoms with E-state index in [-0.39, 0.29) is 11.9 Å². The first-order valence-corrected chi connectivity index (χ1v) is 4.90. The van der Waals surface area contributed by atoms with Crippen molar-refractivity contribution in [1.82, 2.24) is 25.2 Å². The van der Waals surface area contributed by atoms with E-state index in [0.29, 0.717) is 5.69 Å². The standard InChI is InChI=1S/C10H8N6O/c11-10-14-13-9(17-10)8-6-12-16(15-8)7-4-2-1-3-5-7/h1-6H,(H2,11,14). The summed E-state index contributed by atoms with van der Waals surface area (Å²) in [5, 5.41) is 15.6. The summed E-state index contributed by atoms with van der Waals surface area (Å²) in [6, 6.07) is 9.53. The van der Waals surface area contributed by atoms with Gasteiger partial charge in [-0.15, -0.1) is 10.2 Å². The van der Waals surface area contributed by atoms with Crippen molar-refractivity contribution in [2.24, 2.45) is 0 Å². The van der Waals surface area contributed by atoms with Gasteiger partial charge in [0.05, 0.1) is 11.9 Å². The zero-order valence-corrected chi connectivity index (χ0v) is 8.69. The summed E-state index contributed by atoms with van der Waals surface area (Å²) >= 11 is 0. The van der Waals surface area contributed by atoms with E-state index in [9.17, 15) is 0 Å². The molecule has 2 aromatic heterocycles. The second-order valence-electron chi connectivity index (χ2n) is 3.30. The van der Waals surface area contributed by atoms with Crippen molar-refractivity contribution >= 4 is 6.01 Å². The minimum Gasteiger partial charge on any atom is -0.402 e. The number of aromatic nitrogens is 5. The summed E-state index contributed by atoms with van der Waals surface area (Å²) in [7, 11) is 0. The molecule has 84 valence electrons. The van der Waals surface area contributed by atoms with E-state index in [1.165, 1.54) is 4.80 Å². The lowest BCUT2D eigenvalue weighted by molar-refractivity contribution is 0.586. The smallest absolute Gasteiger partial charge is 0.313 e. The van der Waals surface area contributed by atoms with Crippen molar-refractivity contribution in [1.29, 1.82) is 0 Å². The van der Waals surface area contributed by atoms with Crippen LogP contribution in [0.25, 0.3) is 17.3 Å². The third-order valence-electron chi connectivity index (χ3n) is 2.14. The Morgan fingerprint density at radius 1 is 1.12 bits per heavy atom. The highest BCUT2D eigenvalue weighted by atomic mass is 16.4. The number of para-hydroxylation sites is 1. The number of hydrogen-bond donors (Lipinski definition) is 1. The van der Waals surface area contributed by atoms with Crippen molar-refractivity contribution in [3.05, 3.63) is 36.5 Å². The van der Waals surface area contributed by atoms with Gasteiger partial charge in [-0.25, -0.2) is 0 Å². The molecule has 0 bridgehead atoms. The molecule has 0 amide bonds. The Morgan fingerprint density at radius 3 is 2.65 bits per heavy atom. The fourth-order valence-electron chi connectivity index (χ4n) is 1.38. The van der Waals surface area contributed by atoms with Gasteiger partial charge in [-0.2, -0.15) is 9.90 Å². The maximum absolute atomic E-state index is 5.34. The van der Waals surface area contributed by atoms with Crippen LogP contribution in [-0.2, 0) is 0 Å². The Hall–Kier alpha value is -2.70. The van der Waals surface area contributed by atoms with Crippen LogP contribution in [0.4, 0.5) is 6.01 Å². The first-order valence-electron chi connectivity index (χ1n) is 4.90. The van der Waals surface area contributed by atoms with Crippen LogP contribution in [0.3, 0.4) is 0 Å². The molecular weight excluding hydrogens is 220 g/mol. The van der Waals surface area contributed by atoms with Crippen LogP contribution < -0.4 is 5.73 Å². The lowest BCUT2D eigenvalue weighted by Crippen LogP contribution is -1.97. The molecule has 0 radical (unpaired) electrons. The molecule has 0 atom stereocenters. The lowest BCUT2D eigenvalue weighted by Gasteiger charge is -1.96. The second-order valence-corrected chi connectivity index (χ2v) is 3.30. The fraction of sp³-hybridized carbons (Fsp3) is 0. The zero-order valence-electron chi connectivity index (χ0n) is 8.69. The predicted molar refractivity (Wildman–Crippen MR) is 59.1 cm³/mol. The van der Waals surface area contributed by atoms with E-state index >= 15 is 0 Å². The molecule has 0 spiro atoms. The van der Waals surface area contributed by atoms with E-state index in [4.69, 9.17) is 10.2 Å². The van der Waals surface area contributed by atoms with Gasteiger partial charge in [0.1, 0.15) is 0 Å². The molecule has 7 nitrogen and oxygen atoms in total. The van der Waals surface area contributed by atoms with Crippen LogP contribution in [0.2, 0.25) is 0 Å². The van der Waals surface area contributed by atoms with Crippen LogP contribution in [-0.4, -0.2) is 25.2 Å². The van der Waals surface area contributed by atoms with Gasteiger partial charge in [-0.1, -0.05) is 23.3 Å². The molecule has 1 aromatic carbocycles. The van der Waals surface area contributed by atoms with Crippen molar-refractivity contribution in [3.8, 4) is 17.3 Å². The molecule has 2 N–H and O–H groups in total. The number of nitrogen functional groups attached to an aromatic ring is 1. The fourth-order valence-corrected chi connectivity index (χ4v) is 1.38. The van der Waals surface area contributed by atoms with Crippen molar-refractivity contribution in [2.45, 2.75) is 0 Å². The van der Waals surface area contributed by atoms with Gasteiger partial charge in [0.15, 0.2) is 5.69 Å². The summed E-state index contributed by atoms with van der Waals surface area (Å²) in [4.78, 5) is 1.48. The van der Waals surface area contributed by atoms with Crippen LogP contribution in [0.1, 0.15) is 0 Å². The summed E-state index contributed by atoms with van der Waals surface area (Å²) in [6.07, 6.45) is 1.54. The van der Waals surface area contributed by atoms with Crippen molar-refractivity contribution in [2.75, 3.05) is 5.73 Å². The molecular formula is C10H8N6O. The molecule has 7 heteroatoms.